The Kier molecular flexibility index (Phi) is 6.65. The van der Waals surface area contributed by atoms with Crippen molar-refractivity contribution in [3.8, 4) is 11.5 Å². The largest absolute Gasteiger partial charge is 0.497 e. The van der Waals surface area contributed by atoms with Gasteiger partial charge in [0.05, 0.1) is 37.7 Å². The molecule has 1 aliphatic rings. The monoisotopic (exact) mass is 498 g/mol. The zero-order valence-electron chi connectivity index (χ0n) is 20.9. The standard InChI is InChI=1S/C29H30N4O2S/c1-19-16-23(20(2)32(19)18-21-10-6-5-7-11-21)28-27(24-12-8-9-15-30-24)31-29(36)33(28)25-17-22(34-3)13-14-26(25)35-4/h5-17,27-28H,18H2,1-4H3,(H,31,36)/t27-,28+/m0/s1. The fourth-order valence-electron chi connectivity index (χ4n) is 5.05. The summed E-state index contributed by atoms with van der Waals surface area (Å²) in [6, 6.07) is 24.3. The Morgan fingerprint density at radius 2 is 1.72 bits per heavy atom. The number of rotatable bonds is 7. The molecule has 0 bridgehead atoms. The van der Waals surface area contributed by atoms with E-state index in [1.165, 1.54) is 22.5 Å². The molecule has 5 rings (SSSR count). The van der Waals surface area contributed by atoms with E-state index in [1.54, 1.807) is 14.2 Å². The van der Waals surface area contributed by atoms with Crippen LogP contribution in [0.1, 0.15) is 40.3 Å². The van der Waals surface area contributed by atoms with Gasteiger partial charge in [-0.15, -0.1) is 0 Å². The van der Waals surface area contributed by atoms with Crippen molar-refractivity contribution in [2.75, 3.05) is 19.1 Å². The van der Waals surface area contributed by atoms with Crippen molar-refractivity contribution in [2.24, 2.45) is 0 Å². The third kappa shape index (κ3) is 4.31. The second kappa shape index (κ2) is 10.0. The van der Waals surface area contributed by atoms with Crippen molar-refractivity contribution in [3.63, 3.8) is 0 Å². The molecule has 1 saturated heterocycles. The van der Waals surface area contributed by atoms with Crippen molar-refractivity contribution in [3.05, 3.63) is 107 Å². The molecule has 2 atom stereocenters. The van der Waals surface area contributed by atoms with Crippen LogP contribution < -0.4 is 19.7 Å². The fourth-order valence-corrected chi connectivity index (χ4v) is 5.39. The van der Waals surface area contributed by atoms with Gasteiger partial charge in [0.25, 0.3) is 0 Å². The van der Waals surface area contributed by atoms with Crippen molar-refractivity contribution in [2.45, 2.75) is 32.5 Å². The zero-order chi connectivity index (χ0) is 25.2. The fraction of sp³-hybridized carbons (Fsp3) is 0.241. The number of benzene rings is 2. The van der Waals surface area contributed by atoms with Gasteiger partial charge in [-0.1, -0.05) is 36.4 Å². The number of nitrogens with one attached hydrogen (secondary N) is 1. The molecule has 4 aromatic rings. The lowest BCUT2D eigenvalue weighted by atomic mass is 9.96. The predicted molar refractivity (Wildman–Crippen MR) is 147 cm³/mol. The predicted octanol–water partition coefficient (Wildman–Crippen LogP) is 5.74. The quantitative estimate of drug-likeness (QED) is 0.328. The summed E-state index contributed by atoms with van der Waals surface area (Å²) in [6.45, 7) is 5.15. The van der Waals surface area contributed by atoms with E-state index in [2.05, 4.69) is 59.0 Å². The third-order valence-electron chi connectivity index (χ3n) is 6.86. The summed E-state index contributed by atoms with van der Waals surface area (Å²) in [5.74, 6) is 1.47. The number of hydrogen-bond acceptors (Lipinski definition) is 4. The van der Waals surface area contributed by atoms with Crippen LogP contribution in [0.5, 0.6) is 11.5 Å². The normalized spacial score (nSPS) is 17.2. The molecule has 2 aromatic carbocycles. The SMILES string of the molecule is COc1ccc(OC)c(N2C(=S)N[C@@H](c3ccccn3)[C@H]2c2cc(C)n(Cc3ccccc3)c2C)c1. The van der Waals surface area contributed by atoms with Crippen LogP contribution in [-0.2, 0) is 6.54 Å². The summed E-state index contributed by atoms with van der Waals surface area (Å²) in [5, 5.41) is 4.17. The highest BCUT2D eigenvalue weighted by Crippen LogP contribution is 2.46. The average Bonchev–Trinajstić information content (AvgIpc) is 3.40. The van der Waals surface area contributed by atoms with Crippen LogP contribution in [0, 0.1) is 13.8 Å². The maximum absolute atomic E-state index is 5.94. The summed E-state index contributed by atoms with van der Waals surface area (Å²) in [6.07, 6.45) is 1.82. The van der Waals surface area contributed by atoms with Gasteiger partial charge in [0.1, 0.15) is 11.5 Å². The van der Waals surface area contributed by atoms with E-state index >= 15 is 0 Å². The number of hydrogen-bond donors (Lipinski definition) is 1. The average molecular weight is 499 g/mol. The highest BCUT2D eigenvalue weighted by Gasteiger charge is 2.43. The molecule has 1 fully saturated rings. The minimum atomic E-state index is -0.139. The van der Waals surface area contributed by atoms with E-state index in [0.717, 1.165) is 29.4 Å². The van der Waals surface area contributed by atoms with Crippen LogP contribution >= 0.6 is 12.2 Å². The van der Waals surface area contributed by atoms with E-state index < -0.39 is 0 Å². The molecule has 6 nitrogen and oxygen atoms in total. The number of thiocarbonyl (C=S) groups is 1. The third-order valence-corrected chi connectivity index (χ3v) is 7.17. The number of methoxy groups -OCH3 is 2. The van der Waals surface area contributed by atoms with Crippen LogP contribution in [0.25, 0.3) is 0 Å². The van der Waals surface area contributed by atoms with Gasteiger partial charge < -0.3 is 24.3 Å². The van der Waals surface area contributed by atoms with Gasteiger partial charge in [-0.3, -0.25) is 4.98 Å². The molecule has 0 aliphatic carbocycles. The van der Waals surface area contributed by atoms with Crippen molar-refractivity contribution in [1.82, 2.24) is 14.9 Å². The van der Waals surface area contributed by atoms with E-state index in [-0.39, 0.29) is 12.1 Å². The Labute approximate surface area is 217 Å². The first kappa shape index (κ1) is 23.9. The molecular weight excluding hydrogens is 468 g/mol. The van der Waals surface area contributed by atoms with E-state index in [4.69, 9.17) is 26.7 Å². The number of pyridine rings is 1. The lowest BCUT2D eigenvalue weighted by Gasteiger charge is -2.29. The molecular formula is C29H30N4O2S. The topological polar surface area (TPSA) is 51.6 Å². The first-order valence-corrected chi connectivity index (χ1v) is 12.4. The van der Waals surface area contributed by atoms with Gasteiger partial charge >= 0.3 is 0 Å². The molecule has 184 valence electrons. The molecule has 7 heteroatoms. The van der Waals surface area contributed by atoms with Crippen LogP contribution in [0.15, 0.2) is 79.0 Å². The van der Waals surface area contributed by atoms with Gasteiger partial charge in [0.2, 0.25) is 0 Å². The molecule has 0 unspecified atom stereocenters. The van der Waals surface area contributed by atoms with Crippen LogP contribution in [0.2, 0.25) is 0 Å². The Morgan fingerprint density at radius 1 is 0.944 bits per heavy atom. The summed E-state index contributed by atoms with van der Waals surface area (Å²) in [5.41, 5.74) is 6.63. The maximum Gasteiger partial charge on any atom is 0.174 e. The smallest absolute Gasteiger partial charge is 0.174 e. The maximum atomic E-state index is 5.94. The van der Waals surface area contributed by atoms with Crippen molar-refractivity contribution < 1.29 is 9.47 Å². The van der Waals surface area contributed by atoms with Crippen molar-refractivity contribution in [1.29, 1.82) is 0 Å². The summed E-state index contributed by atoms with van der Waals surface area (Å²) in [4.78, 5) is 6.83. The lowest BCUT2D eigenvalue weighted by Crippen LogP contribution is -2.30. The Hall–Kier alpha value is -3.84. The van der Waals surface area contributed by atoms with Gasteiger partial charge in [-0.25, -0.2) is 0 Å². The highest BCUT2D eigenvalue weighted by atomic mass is 32.1. The number of nitrogens with zero attached hydrogens (tertiary/aromatic N) is 3. The summed E-state index contributed by atoms with van der Waals surface area (Å²) < 4.78 is 13.7. The lowest BCUT2D eigenvalue weighted by molar-refractivity contribution is 0.403. The van der Waals surface area contributed by atoms with E-state index in [1.807, 2.05) is 48.7 Å². The molecule has 0 spiro atoms. The van der Waals surface area contributed by atoms with Crippen LogP contribution in [0.4, 0.5) is 5.69 Å². The Bertz CT molecular complexity index is 1370. The Balaban J connectivity index is 1.66. The minimum Gasteiger partial charge on any atom is -0.497 e. The van der Waals surface area contributed by atoms with Crippen molar-refractivity contribution >= 4 is 23.0 Å². The molecule has 1 aliphatic heterocycles. The molecule has 1 N–H and O–H groups in total. The molecule has 2 aromatic heterocycles. The molecule has 3 heterocycles. The van der Waals surface area contributed by atoms with Gasteiger partial charge in [-0.2, -0.15) is 0 Å². The number of aromatic nitrogens is 2. The zero-order valence-corrected chi connectivity index (χ0v) is 21.8. The molecule has 0 amide bonds. The molecule has 0 radical (unpaired) electrons. The number of ether oxygens (including phenoxy) is 2. The minimum absolute atomic E-state index is 0.135. The van der Waals surface area contributed by atoms with Gasteiger partial charge in [0, 0.05) is 30.2 Å². The number of aryl methyl sites for hydroxylation is 1. The summed E-state index contributed by atoms with van der Waals surface area (Å²) in [7, 11) is 3.34. The second-order valence-electron chi connectivity index (χ2n) is 8.93. The number of anilines is 1. The van der Waals surface area contributed by atoms with Gasteiger partial charge in [-0.05, 0) is 67.5 Å². The van der Waals surface area contributed by atoms with Crippen LogP contribution in [-0.4, -0.2) is 28.9 Å². The van der Waals surface area contributed by atoms with Crippen LogP contribution in [0.3, 0.4) is 0 Å². The first-order valence-electron chi connectivity index (χ1n) is 11.9. The highest BCUT2D eigenvalue weighted by molar-refractivity contribution is 7.80. The molecule has 36 heavy (non-hydrogen) atoms. The first-order chi connectivity index (χ1) is 17.5. The van der Waals surface area contributed by atoms with E-state index in [9.17, 15) is 0 Å². The summed E-state index contributed by atoms with van der Waals surface area (Å²) >= 11 is 5.94. The van der Waals surface area contributed by atoms with Gasteiger partial charge in [0.15, 0.2) is 5.11 Å². The Morgan fingerprint density at radius 3 is 2.42 bits per heavy atom. The molecule has 0 saturated carbocycles. The van der Waals surface area contributed by atoms with E-state index in [0.29, 0.717) is 5.11 Å². The second-order valence-corrected chi connectivity index (χ2v) is 9.32.